The van der Waals surface area contributed by atoms with E-state index in [0.29, 0.717) is 12.1 Å². The largest absolute Gasteiger partial charge is 0.416 e. The second-order valence-corrected chi connectivity index (χ2v) is 4.88. The lowest BCUT2D eigenvalue weighted by Gasteiger charge is -2.15. The molecule has 0 spiro atoms. The number of halogens is 6. The highest BCUT2D eigenvalue weighted by atomic mass is 19.4. The molecule has 0 aliphatic carbocycles. The van der Waals surface area contributed by atoms with Crippen LogP contribution in [0.1, 0.15) is 25.0 Å². The van der Waals surface area contributed by atoms with Gasteiger partial charge in [-0.25, -0.2) is 0 Å². The molecule has 0 aromatic heterocycles. The highest BCUT2D eigenvalue weighted by Crippen LogP contribution is 2.37. The summed E-state index contributed by atoms with van der Waals surface area (Å²) >= 11 is 0. The van der Waals surface area contributed by atoms with E-state index in [4.69, 9.17) is 0 Å². The van der Waals surface area contributed by atoms with E-state index in [2.05, 4.69) is 5.32 Å². The second kappa shape index (κ2) is 6.47. The highest BCUT2D eigenvalue weighted by Gasteiger charge is 2.37. The van der Waals surface area contributed by atoms with Crippen LogP contribution in [0.25, 0.3) is 0 Å². The van der Waals surface area contributed by atoms with Crippen LogP contribution in [0.4, 0.5) is 32.0 Å². The number of carbonyl (C=O) groups excluding carboxylic acids is 2. The molecule has 0 saturated carbocycles. The molecular formula is C13H12F6N2O2. The molecule has 0 unspecified atom stereocenters. The third-order valence-electron chi connectivity index (χ3n) is 2.47. The number of benzene rings is 1. The van der Waals surface area contributed by atoms with Crippen LogP contribution in [0.3, 0.4) is 0 Å². The smallest absolute Gasteiger partial charge is 0.346 e. The maximum absolute atomic E-state index is 12.6. The molecule has 23 heavy (non-hydrogen) atoms. The summed E-state index contributed by atoms with van der Waals surface area (Å²) in [6.45, 7) is 3.05. The summed E-state index contributed by atoms with van der Waals surface area (Å²) in [5.41, 5.74) is -3.96. The molecule has 0 atom stereocenters. The molecule has 0 saturated heterocycles. The Balaban J connectivity index is 3.16. The lowest BCUT2D eigenvalue weighted by molar-refractivity contribution is -0.143. The molecule has 1 aromatic carbocycles. The van der Waals surface area contributed by atoms with Crippen LogP contribution >= 0.6 is 0 Å². The third-order valence-corrected chi connectivity index (χ3v) is 2.47. The molecule has 0 aliphatic rings. The zero-order valence-corrected chi connectivity index (χ0v) is 11.9. The third kappa shape index (κ3) is 5.46. The molecule has 0 fully saturated rings. The molecule has 0 heterocycles. The molecule has 0 radical (unpaired) electrons. The average molecular weight is 342 g/mol. The Morgan fingerprint density at radius 1 is 0.870 bits per heavy atom. The van der Waals surface area contributed by atoms with Crippen LogP contribution < -0.4 is 10.6 Å². The van der Waals surface area contributed by atoms with Gasteiger partial charge in [-0.1, -0.05) is 0 Å². The van der Waals surface area contributed by atoms with Crippen molar-refractivity contribution < 1.29 is 35.9 Å². The van der Waals surface area contributed by atoms with E-state index < -0.39 is 47.0 Å². The predicted molar refractivity (Wildman–Crippen MR) is 68.4 cm³/mol. The normalized spacial score (nSPS) is 12.2. The molecule has 1 aromatic rings. The van der Waals surface area contributed by atoms with Crippen LogP contribution in [0.2, 0.25) is 0 Å². The first-order valence-corrected chi connectivity index (χ1v) is 6.22. The van der Waals surface area contributed by atoms with Gasteiger partial charge in [0, 0.05) is 11.7 Å². The minimum atomic E-state index is -5.04. The zero-order valence-electron chi connectivity index (χ0n) is 11.9. The number of anilines is 1. The number of rotatable bonds is 2. The van der Waals surface area contributed by atoms with Gasteiger partial charge in [-0.15, -0.1) is 0 Å². The number of amides is 2. The van der Waals surface area contributed by atoms with Gasteiger partial charge < -0.3 is 10.6 Å². The maximum atomic E-state index is 12.6. The highest BCUT2D eigenvalue weighted by molar-refractivity contribution is 6.39. The molecule has 0 bridgehead atoms. The van der Waals surface area contributed by atoms with E-state index in [9.17, 15) is 35.9 Å². The summed E-state index contributed by atoms with van der Waals surface area (Å²) in [4.78, 5) is 22.8. The summed E-state index contributed by atoms with van der Waals surface area (Å²) in [5.74, 6) is -2.54. The minimum absolute atomic E-state index is 0.0795. The average Bonchev–Trinajstić information content (AvgIpc) is 2.35. The Kier molecular flexibility index (Phi) is 5.28. The van der Waals surface area contributed by atoms with Crippen LogP contribution in [0, 0.1) is 0 Å². The summed E-state index contributed by atoms with van der Waals surface area (Å²) in [6.07, 6.45) is -10.1. The summed E-state index contributed by atoms with van der Waals surface area (Å²) in [7, 11) is 0. The van der Waals surface area contributed by atoms with Gasteiger partial charge in [0.25, 0.3) is 0 Å². The van der Waals surface area contributed by atoms with E-state index in [1.165, 1.54) is 13.8 Å². The van der Waals surface area contributed by atoms with Crippen molar-refractivity contribution in [2.75, 3.05) is 5.32 Å². The van der Waals surface area contributed by atoms with E-state index in [1.807, 2.05) is 0 Å². The van der Waals surface area contributed by atoms with E-state index >= 15 is 0 Å². The summed E-state index contributed by atoms with van der Waals surface area (Å²) in [6, 6.07) is 0.121. The van der Waals surface area contributed by atoms with Gasteiger partial charge in [0.2, 0.25) is 0 Å². The van der Waals surface area contributed by atoms with Crippen molar-refractivity contribution >= 4 is 17.5 Å². The first-order chi connectivity index (χ1) is 10.3. The Morgan fingerprint density at radius 2 is 1.30 bits per heavy atom. The van der Waals surface area contributed by atoms with E-state index in [1.54, 1.807) is 5.32 Å². The monoisotopic (exact) mass is 342 g/mol. The topological polar surface area (TPSA) is 58.2 Å². The Morgan fingerprint density at radius 3 is 1.65 bits per heavy atom. The molecule has 4 nitrogen and oxygen atoms in total. The molecule has 128 valence electrons. The molecule has 0 aliphatic heterocycles. The minimum Gasteiger partial charge on any atom is -0.346 e. The van der Waals surface area contributed by atoms with Gasteiger partial charge in [0.15, 0.2) is 0 Å². The second-order valence-electron chi connectivity index (χ2n) is 4.88. The summed E-state index contributed by atoms with van der Waals surface area (Å²) < 4.78 is 75.9. The molecular weight excluding hydrogens is 330 g/mol. The first-order valence-electron chi connectivity index (χ1n) is 6.22. The van der Waals surface area contributed by atoms with Gasteiger partial charge in [0.1, 0.15) is 0 Å². The van der Waals surface area contributed by atoms with Crippen molar-refractivity contribution in [1.29, 1.82) is 0 Å². The predicted octanol–water partition coefficient (Wildman–Crippen LogP) is 3.19. The van der Waals surface area contributed by atoms with E-state index in [-0.39, 0.29) is 6.07 Å². The first kappa shape index (κ1) is 18.8. The lowest BCUT2D eigenvalue weighted by atomic mass is 10.1. The lowest BCUT2D eigenvalue weighted by Crippen LogP contribution is -2.39. The Labute approximate surface area is 126 Å². The van der Waals surface area contributed by atoms with E-state index in [0.717, 1.165) is 0 Å². The molecule has 1 rings (SSSR count). The van der Waals surface area contributed by atoms with Gasteiger partial charge >= 0.3 is 24.2 Å². The van der Waals surface area contributed by atoms with Gasteiger partial charge in [-0.2, -0.15) is 26.3 Å². The van der Waals surface area contributed by atoms with Crippen LogP contribution in [0.5, 0.6) is 0 Å². The molecule has 2 amide bonds. The maximum Gasteiger partial charge on any atom is 0.416 e. The van der Waals surface area contributed by atoms with Crippen molar-refractivity contribution in [2.24, 2.45) is 0 Å². The number of carbonyl (C=O) groups is 2. The number of hydrogen-bond donors (Lipinski definition) is 2. The van der Waals surface area contributed by atoms with Crippen LogP contribution in [-0.2, 0) is 21.9 Å². The number of nitrogens with one attached hydrogen (secondary N) is 2. The van der Waals surface area contributed by atoms with Gasteiger partial charge in [-0.3, -0.25) is 9.59 Å². The van der Waals surface area contributed by atoms with Crippen molar-refractivity contribution in [1.82, 2.24) is 5.32 Å². The standard InChI is InChI=1S/C13H12F6N2O2/c1-6(2)20-10(22)11(23)21-9-4-7(12(14,15)16)3-8(5-9)13(17,18)19/h3-6H,1-2H3,(H,20,22)(H,21,23). The zero-order chi connectivity index (χ0) is 18.0. The fourth-order valence-electron chi connectivity index (χ4n) is 1.54. The SMILES string of the molecule is CC(C)NC(=O)C(=O)Nc1cc(C(F)(F)F)cc(C(F)(F)F)c1. The van der Waals surface area contributed by atoms with Crippen molar-refractivity contribution in [3.8, 4) is 0 Å². The van der Waals surface area contributed by atoms with Crippen LogP contribution in [-0.4, -0.2) is 17.9 Å². The van der Waals surface area contributed by atoms with Crippen LogP contribution in [0.15, 0.2) is 18.2 Å². The van der Waals surface area contributed by atoms with Gasteiger partial charge in [-0.05, 0) is 32.0 Å². The summed E-state index contributed by atoms with van der Waals surface area (Å²) in [5, 5.41) is 3.88. The van der Waals surface area contributed by atoms with Crippen molar-refractivity contribution in [3.63, 3.8) is 0 Å². The quantitative estimate of drug-likeness (QED) is 0.641. The van der Waals surface area contributed by atoms with Gasteiger partial charge in [0.05, 0.1) is 11.1 Å². The Bertz CT molecular complexity index is 575. The number of alkyl halides is 6. The number of hydrogen-bond acceptors (Lipinski definition) is 2. The fraction of sp³-hybridized carbons (Fsp3) is 0.385. The molecule has 10 heteroatoms. The van der Waals surface area contributed by atoms with Crippen molar-refractivity contribution in [3.05, 3.63) is 29.3 Å². The Hall–Kier alpha value is -2.26. The fourth-order valence-corrected chi connectivity index (χ4v) is 1.54. The molecule has 2 N–H and O–H groups in total. The van der Waals surface area contributed by atoms with Crippen molar-refractivity contribution in [2.45, 2.75) is 32.2 Å².